The molecular weight excluding hydrogens is 296 g/mol. The van der Waals surface area contributed by atoms with E-state index in [1.807, 2.05) is 38.1 Å². The van der Waals surface area contributed by atoms with Gasteiger partial charge in [-0.1, -0.05) is 6.07 Å². The molecule has 0 aliphatic carbocycles. The summed E-state index contributed by atoms with van der Waals surface area (Å²) in [5.41, 5.74) is 3.12. The Morgan fingerprint density at radius 3 is 2.68 bits per heavy atom. The van der Waals surface area contributed by atoms with Crippen LogP contribution in [0.2, 0.25) is 0 Å². The van der Waals surface area contributed by atoms with Crippen molar-refractivity contribution in [2.75, 3.05) is 36.5 Å². The molecule has 1 aliphatic heterocycles. The van der Waals surface area contributed by atoms with Gasteiger partial charge in [0.2, 0.25) is 0 Å². The summed E-state index contributed by atoms with van der Waals surface area (Å²) in [5, 5.41) is 2.99. The van der Waals surface area contributed by atoms with Gasteiger partial charge in [0, 0.05) is 29.3 Å². The first-order chi connectivity index (χ1) is 10.6. The summed E-state index contributed by atoms with van der Waals surface area (Å²) in [6.07, 6.45) is 0. The largest absolute Gasteiger partial charge is 0.378 e. The fourth-order valence-corrected chi connectivity index (χ4v) is 3.41. The zero-order chi connectivity index (χ0) is 15.5. The smallest absolute Gasteiger partial charge is 0.265 e. The molecule has 0 unspecified atom stereocenters. The van der Waals surface area contributed by atoms with E-state index in [0.717, 1.165) is 48.1 Å². The van der Waals surface area contributed by atoms with Crippen LogP contribution in [-0.2, 0) is 4.74 Å². The Morgan fingerprint density at radius 1 is 1.23 bits per heavy atom. The second-order valence-corrected chi connectivity index (χ2v) is 6.71. The van der Waals surface area contributed by atoms with Crippen LogP contribution in [0.3, 0.4) is 0 Å². The second kappa shape index (κ2) is 6.50. The molecule has 1 amide bonds. The number of benzene rings is 1. The van der Waals surface area contributed by atoms with Crippen LogP contribution in [0.5, 0.6) is 0 Å². The number of aryl methyl sites for hydroxylation is 2. The molecule has 116 valence electrons. The standard InChI is InChI=1S/C17H20N2O2S/c1-12-10-16(22-13(12)2)17(20)18-14-4-3-5-15(11-14)19-6-8-21-9-7-19/h3-5,10-11H,6-9H2,1-2H3,(H,18,20). The van der Waals surface area contributed by atoms with Crippen LogP contribution in [0.1, 0.15) is 20.1 Å². The molecule has 4 nitrogen and oxygen atoms in total. The monoisotopic (exact) mass is 316 g/mol. The minimum absolute atomic E-state index is 0.0414. The van der Waals surface area contributed by atoms with Gasteiger partial charge in [0.05, 0.1) is 18.1 Å². The van der Waals surface area contributed by atoms with Gasteiger partial charge >= 0.3 is 0 Å². The van der Waals surface area contributed by atoms with Crippen molar-refractivity contribution < 1.29 is 9.53 Å². The van der Waals surface area contributed by atoms with E-state index in [0.29, 0.717) is 0 Å². The molecule has 0 bridgehead atoms. The van der Waals surface area contributed by atoms with Crippen LogP contribution in [0.25, 0.3) is 0 Å². The molecule has 0 atom stereocenters. The molecule has 3 rings (SSSR count). The van der Waals surface area contributed by atoms with Crippen molar-refractivity contribution in [3.05, 3.63) is 45.6 Å². The summed E-state index contributed by atoms with van der Waals surface area (Å²) in [6.45, 7) is 7.35. The zero-order valence-electron chi connectivity index (χ0n) is 12.9. The lowest BCUT2D eigenvalue weighted by molar-refractivity contribution is 0.103. The first kappa shape index (κ1) is 15.1. The Hall–Kier alpha value is -1.85. The summed E-state index contributed by atoms with van der Waals surface area (Å²) in [5.74, 6) is -0.0414. The molecule has 1 aromatic carbocycles. The lowest BCUT2D eigenvalue weighted by Gasteiger charge is -2.29. The van der Waals surface area contributed by atoms with Gasteiger partial charge in [-0.2, -0.15) is 0 Å². The van der Waals surface area contributed by atoms with Gasteiger partial charge < -0.3 is 15.0 Å². The van der Waals surface area contributed by atoms with Crippen LogP contribution in [-0.4, -0.2) is 32.2 Å². The number of nitrogens with zero attached hydrogens (tertiary/aromatic N) is 1. The van der Waals surface area contributed by atoms with Crippen molar-refractivity contribution in [2.45, 2.75) is 13.8 Å². The highest BCUT2D eigenvalue weighted by molar-refractivity contribution is 7.14. The van der Waals surface area contributed by atoms with Crippen LogP contribution < -0.4 is 10.2 Å². The van der Waals surface area contributed by atoms with E-state index in [9.17, 15) is 4.79 Å². The van der Waals surface area contributed by atoms with E-state index in [1.54, 1.807) is 0 Å². The molecule has 1 aromatic heterocycles. The van der Waals surface area contributed by atoms with Crippen LogP contribution in [0, 0.1) is 13.8 Å². The number of nitrogens with one attached hydrogen (secondary N) is 1. The second-order valence-electron chi connectivity index (χ2n) is 5.45. The van der Waals surface area contributed by atoms with Gasteiger partial charge in [-0.15, -0.1) is 11.3 Å². The average Bonchev–Trinajstić information content (AvgIpc) is 2.88. The molecule has 2 heterocycles. The summed E-state index contributed by atoms with van der Waals surface area (Å²) in [6, 6.07) is 9.94. The van der Waals surface area contributed by atoms with Crippen molar-refractivity contribution in [2.24, 2.45) is 0 Å². The molecule has 1 saturated heterocycles. The van der Waals surface area contributed by atoms with Crippen LogP contribution >= 0.6 is 11.3 Å². The SMILES string of the molecule is Cc1cc(C(=O)Nc2cccc(N3CCOCC3)c2)sc1C. The number of anilines is 2. The molecule has 2 aromatic rings. The predicted octanol–water partition coefficient (Wildman–Crippen LogP) is 3.45. The summed E-state index contributed by atoms with van der Waals surface area (Å²) in [7, 11) is 0. The molecule has 0 spiro atoms. The third-order valence-electron chi connectivity index (χ3n) is 3.87. The van der Waals surface area contributed by atoms with Crippen LogP contribution in [0.4, 0.5) is 11.4 Å². The highest BCUT2D eigenvalue weighted by Crippen LogP contribution is 2.24. The van der Waals surface area contributed by atoms with Crippen molar-refractivity contribution in [1.29, 1.82) is 0 Å². The quantitative estimate of drug-likeness (QED) is 0.943. The maximum Gasteiger partial charge on any atom is 0.265 e. The topological polar surface area (TPSA) is 41.6 Å². The van der Waals surface area contributed by atoms with E-state index in [2.05, 4.69) is 16.3 Å². The number of hydrogen-bond donors (Lipinski definition) is 1. The Morgan fingerprint density at radius 2 is 2.00 bits per heavy atom. The lowest BCUT2D eigenvalue weighted by atomic mass is 10.2. The van der Waals surface area contributed by atoms with E-state index in [1.165, 1.54) is 16.2 Å². The van der Waals surface area contributed by atoms with Gasteiger partial charge in [-0.25, -0.2) is 0 Å². The first-order valence-corrected chi connectivity index (χ1v) is 8.26. The third kappa shape index (κ3) is 3.31. The van der Waals surface area contributed by atoms with E-state index in [-0.39, 0.29) is 5.91 Å². The normalized spacial score (nSPS) is 14.9. The van der Waals surface area contributed by atoms with E-state index < -0.39 is 0 Å². The number of morpholine rings is 1. The molecule has 1 N–H and O–H groups in total. The third-order valence-corrected chi connectivity index (χ3v) is 5.02. The Balaban J connectivity index is 1.73. The van der Waals surface area contributed by atoms with E-state index in [4.69, 9.17) is 4.74 Å². The molecule has 22 heavy (non-hydrogen) atoms. The Bertz CT molecular complexity index is 656. The summed E-state index contributed by atoms with van der Waals surface area (Å²) < 4.78 is 5.38. The van der Waals surface area contributed by atoms with Crippen molar-refractivity contribution in [3.63, 3.8) is 0 Å². The van der Waals surface area contributed by atoms with Gasteiger partial charge in [0.25, 0.3) is 5.91 Å². The van der Waals surface area contributed by atoms with E-state index >= 15 is 0 Å². The fraction of sp³-hybridized carbons (Fsp3) is 0.353. The minimum atomic E-state index is -0.0414. The maximum atomic E-state index is 12.3. The number of amides is 1. The highest BCUT2D eigenvalue weighted by atomic mass is 32.1. The number of carbonyl (C=O) groups is 1. The summed E-state index contributed by atoms with van der Waals surface area (Å²) >= 11 is 1.53. The minimum Gasteiger partial charge on any atom is -0.378 e. The maximum absolute atomic E-state index is 12.3. The van der Waals surface area contributed by atoms with Gasteiger partial charge in [0.1, 0.15) is 0 Å². The molecule has 1 aliphatic rings. The van der Waals surface area contributed by atoms with Gasteiger partial charge in [-0.3, -0.25) is 4.79 Å². The molecule has 0 saturated carbocycles. The zero-order valence-corrected chi connectivity index (χ0v) is 13.7. The van der Waals surface area contributed by atoms with Crippen molar-refractivity contribution in [1.82, 2.24) is 0 Å². The van der Waals surface area contributed by atoms with Crippen molar-refractivity contribution in [3.8, 4) is 0 Å². The average molecular weight is 316 g/mol. The number of carbonyl (C=O) groups excluding carboxylic acids is 1. The first-order valence-electron chi connectivity index (χ1n) is 7.44. The Labute approximate surface area is 134 Å². The number of thiophene rings is 1. The number of rotatable bonds is 3. The van der Waals surface area contributed by atoms with Gasteiger partial charge in [-0.05, 0) is 43.7 Å². The fourth-order valence-electron chi connectivity index (χ4n) is 2.48. The molecule has 5 heteroatoms. The van der Waals surface area contributed by atoms with Crippen molar-refractivity contribution >= 4 is 28.6 Å². The summed E-state index contributed by atoms with van der Waals surface area (Å²) in [4.78, 5) is 16.6. The van der Waals surface area contributed by atoms with Gasteiger partial charge in [0.15, 0.2) is 0 Å². The molecular formula is C17H20N2O2S. The van der Waals surface area contributed by atoms with Crippen LogP contribution in [0.15, 0.2) is 30.3 Å². The number of hydrogen-bond acceptors (Lipinski definition) is 4. The predicted molar refractivity (Wildman–Crippen MR) is 91.2 cm³/mol. The Kier molecular flexibility index (Phi) is 4.45. The highest BCUT2D eigenvalue weighted by Gasteiger charge is 2.13. The number of ether oxygens (including phenoxy) is 1. The molecule has 0 radical (unpaired) electrons. The molecule has 1 fully saturated rings. The lowest BCUT2D eigenvalue weighted by Crippen LogP contribution is -2.36.